The number of nitrogens with one attached hydrogen (secondary N) is 1. The number of nitrogens with zero attached hydrogens (tertiary/aromatic N) is 3. The van der Waals surface area contributed by atoms with E-state index in [0.29, 0.717) is 6.54 Å². The minimum absolute atomic E-state index is 0.714. The van der Waals surface area contributed by atoms with Crippen molar-refractivity contribution in [3.8, 4) is 0 Å². The minimum atomic E-state index is 0.714. The van der Waals surface area contributed by atoms with Crippen LogP contribution in [0.15, 0.2) is 29.1 Å². The van der Waals surface area contributed by atoms with Crippen molar-refractivity contribution in [1.29, 1.82) is 0 Å². The lowest BCUT2D eigenvalue weighted by Gasteiger charge is -2.07. The largest absolute Gasteiger partial charge is 0.350 e. The molecule has 0 aliphatic carbocycles. The van der Waals surface area contributed by atoms with E-state index >= 15 is 0 Å². The first-order valence-corrected chi connectivity index (χ1v) is 7.30. The maximum Gasteiger partial charge on any atom is 0.204 e. The number of hydrogen-bond acceptors (Lipinski definition) is 4. The Kier molecular flexibility index (Phi) is 3.21. The highest BCUT2D eigenvalue weighted by atomic mass is 32.1. The van der Waals surface area contributed by atoms with Crippen molar-refractivity contribution in [3.05, 3.63) is 40.3 Å². The molecule has 1 aromatic carbocycles. The fourth-order valence-electron chi connectivity index (χ4n) is 2.19. The molecule has 3 rings (SSSR count). The molecule has 2 aromatic heterocycles. The van der Waals surface area contributed by atoms with Gasteiger partial charge in [-0.2, -0.15) is 0 Å². The molecular formula is C14H16N4S. The smallest absolute Gasteiger partial charge is 0.204 e. The standard InChI is InChI=1S/C14H16N4S/c1-3-18-13-5-4-10(2)6-12(13)17-14(18)15-7-11-8-19-9-16-11/h4-6,8-9H,3,7H2,1-2H3,(H,15,17). The predicted molar refractivity (Wildman–Crippen MR) is 79.6 cm³/mol. The van der Waals surface area contributed by atoms with Crippen molar-refractivity contribution in [2.45, 2.75) is 26.9 Å². The number of imidazole rings is 1. The molecule has 1 N–H and O–H groups in total. The van der Waals surface area contributed by atoms with Gasteiger partial charge in [-0.1, -0.05) is 6.07 Å². The fourth-order valence-corrected chi connectivity index (χ4v) is 2.75. The Balaban J connectivity index is 1.93. The van der Waals surface area contributed by atoms with Crippen molar-refractivity contribution >= 4 is 28.3 Å². The van der Waals surface area contributed by atoms with Gasteiger partial charge in [-0.3, -0.25) is 0 Å². The zero-order chi connectivity index (χ0) is 13.2. The molecule has 19 heavy (non-hydrogen) atoms. The van der Waals surface area contributed by atoms with Crippen molar-refractivity contribution in [2.24, 2.45) is 0 Å². The Morgan fingerprint density at radius 1 is 1.37 bits per heavy atom. The third kappa shape index (κ3) is 2.33. The van der Waals surface area contributed by atoms with Crippen LogP contribution in [-0.4, -0.2) is 14.5 Å². The number of fused-ring (bicyclic) bond motifs is 1. The summed E-state index contributed by atoms with van der Waals surface area (Å²) in [6.07, 6.45) is 0. The van der Waals surface area contributed by atoms with Crippen molar-refractivity contribution in [1.82, 2.24) is 14.5 Å². The van der Waals surface area contributed by atoms with Gasteiger partial charge in [-0.25, -0.2) is 9.97 Å². The van der Waals surface area contributed by atoms with Crippen LogP contribution in [-0.2, 0) is 13.1 Å². The van der Waals surface area contributed by atoms with E-state index in [2.05, 4.69) is 57.3 Å². The first-order valence-electron chi connectivity index (χ1n) is 6.35. The molecule has 3 aromatic rings. The van der Waals surface area contributed by atoms with E-state index in [4.69, 9.17) is 0 Å². The summed E-state index contributed by atoms with van der Waals surface area (Å²) in [5.41, 5.74) is 6.36. The van der Waals surface area contributed by atoms with Gasteiger partial charge in [0.15, 0.2) is 0 Å². The molecular weight excluding hydrogens is 256 g/mol. The van der Waals surface area contributed by atoms with Crippen LogP contribution in [0.25, 0.3) is 11.0 Å². The Bertz CT molecular complexity index is 685. The summed E-state index contributed by atoms with van der Waals surface area (Å²) in [6.45, 7) is 5.84. The van der Waals surface area contributed by atoms with E-state index in [1.165, 1.54) is 11.1 Å². The number of anilines is 1. The van der Waals surface area contributed by atoms with Crippen LogP contribution in [0.4, 0.5) is 5.95 Å². The summed E-state index contributed by atoms with van der Waals surface area (Å²) in [5.74, 6) is 0.913. The minimum Gasteiger partial charge on any atom is -0.350 e. The average Bonchev–Trinajstić information content (AvgIpc) is 3.02. The van der Waals surface area contributed by atoms with Crippen LogP contribution < -0.4 is 5.32 Å². The molecule has 0 bridgehead atoms. The number of rotatable bonds is 4. The van der Waals surface area contributed by atoms with Crippen LogP contribution in [0.1, 0.15) is 18.2 Å². The van der Waals surface area contributed by atoms with Gasteiger partial charge in [-0.15, -0.1) is 11.3 Å². The van der Waals surface area contributed by atoms with Crippen LogP contribution in [0.5, 0.6) is 0 Å². The molecule has 0 fully saturated rings. The summed E-state index contributed by atoms with van der Waals surface area (Å²) in [5, 5.41) is 5.42. The van der Waals surface area contributed by atoms with Gasteiger partial charge in [0, 0.05) is 11.9 Å². The molecule has 0 radical (unpaired) electrons. The highest BCUT2D eigenvalue weighted by Crippen LogP contribution is 2.21. The van der Waals surface area contributed by atoms with Gasteiger partial charge < -0.3 is 9.88 Å². The second-order valence-corrected chi connectivity index (χ2v) is 5.22. The molecule has 5 heteroatoms. The number of thiazole rings is 1. The molecule has 0 unspecified atom stereocenters. The Hall–Kier alpha value is -1.88. The maximum atomic E-state index is 4.67. The molecule has 0 spiro atoms. The normalized spacial score (nSPS) is 11.1. The van der Waals surface area contributed by atoms with Gasteiger partial charge in [-0.05, 0) is 31.5 Å². The van der Waals surface area contributed by atoms with Crippen molar-refractivity contribution in [3.63, 3.8) is 0 Å². The average molecular weight is 272 g/mol. The van der Waals surface area contributed by atoms with Gasteiger partial charge in [0.25, 0.3) is 0 Å². The SMILES string of the molecule is CCn1c(NCc2cscn2)nc2cc(C)ccc21. The van der Waals surface area contributed by atoms with E-state index in [9.17, 15) is 0 Å². The lowest BCUT2D eigenvalue weighted by atomic mass is 10.2. The second kappa shape index (κ2) is 5.01. The van der Waals surface area contributed by atoms with Crippen LogP contribution in [0.3, 0.4) is 0 Å². The van der Waals surface area contributed by atoms with Crippen molar-refractivity contribution < 1.29 is 0 Å². The van der Waals surface area contributed by atoms with Crippen LogP contribution >= 0.6 is 11.3 Å². The summed E-state index contributed by atoms with van der Waals surface area (Å²) in [7, 11) is 0. The molecule has 0 aliphatic rings. The van der Waals surface area contributed by atoms with Crippen LogP contribution in [0.2, 0.25) is 0 Å². The molecule has 0 atom stereocenters. The van der Waals surface area contributed by atoms with Crippen molar-refractivity contribution in [2.75, 3.05) is 5.32 Å². The Morgan fingerprint density at radius 3 is 3.00 bits per heavy atom. The molecule has 0 saturated carbocycles. The number of aryl methyl sites for hydroxylation is 2. The topological polar surface area (TPSA) is 42.7 Å². The molecule has 0 saturated heterocycles. The molecule has 4 nitrogen and oxygen atoms in total. The van der Waals surface area contributed by atoms with E-state index in [-0.39, 0.29) is 0 Å². The first kappa shape index (κ1) is 12.2. The zero-order valence-corrected chi connectivity index (χ0v) is 11.9. The van der Waals surface area contributed by atoms with E-state index in [1.807, 2.05) is 5.51 Å². The monoisotopic (exact) mass is 272 g/mol. The summed E-state index contributed by atoms with van der Waals surface area (Å²) in [6, 6.07) is 6.38. The molecule has 2 heterocycles. The number of hydrogen-bond donors (Lipinski definition) is 1. The van der Waals surface area contributed by atoms with Gasteiger partial charge in [0.05, 0.1) is 28.8 Å². The first-order chi connectivity index (χ1) is 9.28. The van der Waals surface area contributed by atoms with Gasteiger partial charge in [0.1, 0.15) is 0 Å². The van der Waals surface area contributed by atoms with E-state index < -0.39 is 0 Å². The Labute approximate surface area is 116 Å². The van der Waals surface area contributed by atoms with Gasteiger partial charge in [0.2, 0.25) is 5.95 Å². The summed E-state index contributed by atoms with van der Waals surface area (Å²) >= 11 is 1.61. The van der Waals surface area contributed by atoms with Gasteiger partial charge >= 0.3 is 0 Å². The third-order valence-electron chi connectivity index (χ3n) is 3.13. The van der Waals surface area contributed by atoms with E-state index in [1.54, 1.807) is 11.3 Å². The molecule has 0 amide bonds. The third-order valence-corrected chi connectivity index (χ3v) is 3.77. The summed E-state index contributed by atoms with van der Waals surface area (Å²) < 4.78 is 2.20. The fraction of sp³-hybridized carbons (Fsp3) is 0.286. The molecule has 0 aliphatic heterocycles. The predicted octanol–water partition coefficient (Wildman–Crippen LogP) is 3.43. The maximum absolute atomic E-state index is 4.67. The number of aromatic nitrogens is 3. The highest BCUT2D eigenvalue weighted by molar-refractivity contribution is 7.07. The second-order valence-electron chi connectivity index (χ2n) is 4.51. The molecule has 98 valence electrons. The quantitative estimate of drug-likeness (QED) is 0.791. The zero-order valence-electron chi connectivity index (χ0n) is 11.1. The number of benzene rings is 1. The van der Waals surface area contributed by atoms with Crippen LogP contribution in [0, 0.1) is 6.92 Å². The Morgan fingerprint density at radius 2 is 2.26 bits per heavy atom. The lowest BCUT2D eigenvalue weighted by molar-refractivity contribution is 0.786. The van der Waals surface area contributed by atoms with E-state index in [0.717, 1.165) is 23.7 Å². The summed E-state index contributed by atoms with van der Waals surface area (Å²) in [4.78, 5) is 8.95. The highest BCUT2D eigenvalue weighted by Gasteiger charge is 2.09. The lowest BCUT2D eigenvalue weighted by Crippen LogP contribution is -2.06.